The van der Waals surface area contributed by atoms with Gasteiger partial charge >= 0.3 is 6.18 Å². The highest BCUT2D eigenvalue weighted by Gasteiger charge is 2.31. The fourth-order valence-corrected chi connectivity index (χ4v) is 2.40. The van der Waals surface area contributed by atoms with Crippen LogP contribution in [0.3, 0.4) is 0 Å². The molecule has 102 valence electrons. The van der Waals surface area contributed by atoms with E-state index in [1.807, 2.05) is 0 Å². The zero-order chi connectivity index (χ0) is 13.6. The van der Waals surface area contributed by atoms with Gasteiger partial charge < -0.3 is 15.0 Å². The van der Waals surface area contributed by atoms with Crippen LogP contribution in [0, 0.1) is 0 Å². The first-order valence-electron chi connectivity index (χ1n) is 5.89. The van der Waals surface area contributed by atoms with E-state index in [4.69, 9.17) is 10.5 Å². The summed E-state index contributed by atoms with van der Waals surface area (Å²) in [6.07, 6.45) is -3.58. The summed E-state index contributed by atoms with van der Waals surface area (Å²) in [7, 11) is 0. The number of nitrogen functional groups attached to an aromatic ring is 1. The molecule has 19 heavy (non-hydrogen) atoms. The molecule has 1 aromatic heterocycles. The Morgan fingerprint density at radius 1 is 1.37 bits per heavy atom. The Morgan fingerprint density at radius 3 is 2.79 bits per heavy atom. The number of hydrogen-bond acceptors (Lipinski definition) is 3. The lowest BCUT2D eigenvalue weighted by molar-refractivity contribution is -0.137. The molecule has 1 aliphatic heterocycles. The van der Waals surface area contributed by atoms with Crippen molar-refractivity contribution in [2.45, 2.75) is 18.6 Å². The summed E-state index contributed by atoms with van der Waals surface area (Å²) in [5.41, 5.74) is 5.97. The fourth-order valence-electron chi connectivity index (χ4n) is 2.40. The summed E-state index contributed by atoms with van der Waals surface area (Å²) in [4.78, 5) is 4.02. The minimum atomic E-state index is -4.37. The maximum absolute atomic E-state index is 12.6. The van der Waals surface area contributed by atoms with E-state index in [0.717, 1.165) is 18.6 Å². The summed E-state index contributed by atoms with van der Waals surface area (Å²) in [5.74, 6) is 0.227. The average Bonchev–Trinajstić information content (AvgIpc) is 2.92. The Bertz CT molecular complexity index is 614. The van der Waals surface area contributed by atoms with Crippen LogP contribution in [0.1, 0.15) is 18.0 Å². The molecule has 3 rings (SSSR count). The van der Waals surface area contributed by atoms with Crippen molar-refractivity contribution in [2.24, 2.45) is 0 Å². The Labute approximate surface area is 107 Å². The second-order valence-corrected chi connectivity index (χ2v) is 4.56. The van der Waals surface area contributed by atoms with E-state index in [2.05, 4.69) is 4.98 Å². The van der Waals surface area contributed by atoms with Gasteiger partial charge in [-0.1, -0.05) is 0 Å². The number of hydrogen-bond donors (Lipinski definition) is 1. The third-order valence-electron chi connectivity index (χ3n) is 3.31. The zero-order valence-corrected chi connectivity index (χ0v) is 9.94. The number of nitrogens with zero attached hydrogens (tertiary/aromatic N) is 2. The second kappa shape index (κ2) is 4.12. The monoisotopic (exact) mass is 271 g/mol. The number of rotatable bonds is 1. The first-order chi connectivity index (χ1) is 8.97. The number of nitrogens with two attached hydrogens (primary N) is 1. The maximum atomic E-state index is 12.6. The van der Waals surface area contributed by atoms with Crippen LogP contribution in [0.5, 0.6) is 0 Å². The van der Waals surface area contributed by atoms with Crippen molar-refractivity contribution in [3.05, 3.63) is 23.8 Å². The summed E-state index contributed by atoms with van der Waals surface area (Å²) in [6, 6.07) is 3.54. The number of imidazole rings is 1. The highest BCUT2D eigenvalue weighted by molar-refractivity contribution is 5.79. The molecular weight excluding hydrogens is 259 g/mol. The SMILES string of the molecule is Nc1nc2cc(C(F)(F)F)ccc2n1C1CCOC1. The average molecular weight is 271 g/mol. The lowest BCUT2D eigenvalue weighted by Crippen LogP contribution is -2.11. The summed E-state index contributed by atoms with van der Waals surface area (Å²) in [6.45, 7) is 1.14. The van der Waals surface area contributed by atoms with Gasteiger partial charge in [0.1, 0.15) is 0 Å². The van der Waals surface area contributed by atoms with E-state index in [9.17, 15) is 13.2 Å². The van der Waals surface area contributed by atoms with Crippen molar-refractivity contribution in [1.29, 1.82) is 0 Å². The van der Waals surface area contributed by atoms with Crippen molar-refractivity contribution < 1.29 is 17.9 Å². The smallest absolute Gasteiger partial charge is 0.379 e. The predicted molar refractivity (Wildman–Crippen MR) is 63.6 cm³/mol. The molecule has 0 radical (unpaired) electrons. The Balaban J connectivity index is 2.12. The number of anilines is 1. The lowest BCUT2D eigenvalue weighted by Gasteiger charge is -2.13. The van der Waals surface area contributed by atoms with Gasteiger partial charge in [-0.3, -0.25) is 0 Å². The van der Waals surface area contributed by atoms with Gasteiger partial charge in [-0.2, -0.15) is 13.2 Å². The van der Waals surface area contributed by atoms with Crippen LogP contribution in [0.25, 0.3) is 11.0 Å². The van der Waals surface area contributed by atoms with Gasteiger partial charge in [-0.25, -0.2) is 4.98 Å². The number of fused-ring (bicyclic) bond motifs is 1. The quantitative estimate of drug-likeness (QED) is 0.867. The van der Waals surface area contributed by atoms with Gasteiger partial charge in [0.25, 0.3) is 0 Å². The van der Waals surface area contributed by atoms with Crippen LogP contribution in [-0.4, -0.2) is 22.8 Å². The van der Waals surface area contributed by atoms with Crippen molar-refractivity contribution in [2.75, 3.05) is 18.9 Å². The molecule has 2 N–H and O–H groups in total. The molecule has 4 nitrogen and oxygen atoms in total. The number of aromatic nitrogens is 2. The number of alkyl halides is 3. The molecule has 0 saturated carbocycles. The Kier molecular flexibility index (Phi) is 2.67. The van der Waals surface area contributed by atoms with E-state index >= 15 is 0 Å². The van der Waals surface area contributed by atoms with E-state index in [-0.39, 0.29) is 17.5 Å². The molecule has 0 aliphatic carbocycles. The molecular formula is C12H12F3N3O. The standard InChI is InChI=1S/C12H12F3N3O/c13-12(14,15)7-1-2-10-9(5-7)17-11(16)18(10)8-3-4-19-6-8/h1-2,5,8H,3-4,6H2,(H2,16,17). The van der Waals surface area contributed by atoms with Crippen LogP contribution in [0.15, 0.2) is 18.2 Å². The highest BCUT2D eigenvalue weighted by Crippen LogP contribution is 2.33. The molecule has 0 bridgehead atoms. The molecule has 1 saturated heterocycles. The van der Waals surface area contributed by atoms with Gasteiger partial charge in [0.05, 0.1) is 29.2 Å². The topological polar surface area (TPSA) is 53.1 Å². The van der Waals surface area contributed by atoms with Gasteiger partial charge in [0.15, 0.2) is 0 Å². The van der Waals surface area contributed by atoms with Crippen LogP contribution >= 0.6 is 0 Å². The van der Waals surface area contributed by atoms with E-state index < -0.39 is 11.7 Å². The Morgan fingerprint density at radius 2 is 2.16 bits per heavy atom. The third-order valence-corrected chi connectivity index (χ3v) is 3.31. The molecule has 1 fully saturated rings. The van der Waals surface area contributed by atoms with Crippen LogP contribution < -0.4 is 5.73 Å². The van der Waals surface area contributed by atoms with E-state index in [1.54, 1.807) is 4.57 Å². The van der Waals surface area contributed by atoms with Crippen LogP contribution in [0.2, 0.25) is 0 Å². The summed E-state index contributed by atoms with van der Waals surface area (Å²) < 4.78 is 44.9. The Hall–Kier alpha value is -1.76. The van der Waals surface area contributed by atoms with Gasteiger partial charge in [-0.05, 0) is 24.6 Å². The molecule has 1 unspecified atom stereocenters. The molecule has 1 aliphatic rings. The normalized spacial score (nSPS) is 20.3. The largest absolute Gasteiger partial charge is 0.416 e. The number of halogens is 3. The van der Waals surface area contributed by atoms with Crippen molar-refractivity contribution in [3.63, 3.8) is 0 Å². The van der Waals surface area contributed by atoms with Crippen molar-refractivity contribution in [1.82, 2.24) is 9.55 Å². The fraction of sp³-hybridized carbons (Fsp3) is 0.417. The van der Waals surface area contributed by atoms with E-state index in [0.29, 0.717) is 18.7 Å². The highest BCUT2D eigenvalue weighted by atomic mass is 19.4. The van der Waals surface area contributed by atoms with Gasteiger partial charge in [0.2, 0.25) is 5.95 Å². The summed E-state index contributed by atoms with van der Waals surface area (Å²) >= 11 is 0. The first kappa shape index (κ1) is 12.3. The molecule has 0 amide bonds. The van der Waals surface area contributed by atoms with Crippen molar-refractivity contribution in [3.8, 4) is 0 Å². The molecule has 0 spiro atoms. The molecule has 2 aromatic rings. The van der Waals surface area contributed by atoms with Crippen molar-refractivity contribution >= 4 is 17.0 Å². The van der Waals surface area contributed by atoms with Gasteiger partial charge in [-0.15, -0.1) is 0 Å². The molecule has 7 heteroatoms. The zero-order valence-electron chi connectivity index (χ0n) is 9.94. The van der Waals surface area contributed by atoms with Crippen LogP contribution in [0.4, 0.5) is 19.1 Å². The molecule has 1 atom stereocenters. The number of benzene rings is 1. The molecule has 1 aromatic carbocycles. The maximum Gasteiger partial charge on any atom is 0.416 e. The first-order valence-corrected chi connectivity index (χ1v) is 5.89. The van der Waals surface area contributed by atoms with Crippen LogP contribution in [-0.2, 0) is 10.9 Å². The third kappa shape index (κ3) is 2.03. The second-order valence-electron chi connectivity index (χ2n) is 4.56. The van der Waals surface area contributed by atoms with E-state index in [1.165, 1.54) is 6.07 Å². The lowest BCUT2D eigenvalue weighted by atomic mass is 10.2. The minimum Gasteiger partial charge on any atom is -0.379 e. The summed E-state index contributed by atoms with van der Waals surface area (Å²) in [5, 5.41) is 0. The number of ether oxygens (including phenoxy) is 1. The predicted octanol–water partition coefficient (Wildman–Crippen LogP) is 2.60. The minimum absolute atomic E-state index is 0.0433. The van der Waals surface area contributed by atoms with Gasteiger partial charge in [0, 0.05) is 6.61 Å². The molecule has 2 heterocycles.